The summed E-state index contributed by atoms with van der Waals surface area (Å²) < 4.78 is 24.6. The van der Waals surface area contributed by atoms with Gasteiger partial charge in [-0.3, -0.25) is 4.79 Å². The molecule has 1 aliphatic carbocycles. The number of carbonyl (C=O) groups is 1. The van der Waals surface area contributed by atoms with E-state index in [1.54, 1.807) is 0 Å². The van der Waals surface area contributed by atoms with E-state index in [2.05, 4.69) is 11.9 Å². The van der Waals surface area contributed by atoms with Crippen molar-refractivity contribution in [2.75, 3.05) is 6.54 Å². The molecule has 0 unspecified atom stereocenters. The van der Waals surface area contributed by atoms with Gasteiger partial charge in [-0.1, -0.05) is 18.2 Å². The number of halogens is 3. The first-order valence-corrected chi connectivity index (χ1v) is 4.27. The molecule has 0 spiro atoms. The summed E-state index contributed by atoms with van der Waals surface area (Å²) >= 11 is 5.39. The van der Waals surface area contributed by atoms with E-state index in [0.717, 1.165) is 0 Å². The summed E-state index contributed by atoms with van der Waals surface area (Å²) in [6.07, 6.45) is -0.707. The van der Waals surface area contributed by atoms with E-state index >= 15 is 0 Å². The van der Waals surface area contributed by atoms with Gasteiger partial charge in [-0.05, 0) is 0 Å². The zero-order valence-electron chi connectivity index (χ0n) is 6.95. The maximum Gasteiger partial charge on any atom is 0.249 e. The number of nitrogens with one attached hydrogen (secondary N) is 1. The lowest BCUT2D eigenvalue weighted by molar-refractivity contribution is -0.149. The molecule has 5 heteroatoms. The Morgan fingerprint density at radius 1 is 1.62 bits per heavy atom. The molecule has 74 valence electrons. The van der Waals surface area contributed by atoms with Crippen LogP contribution in [-0.2, 0) is 4.79 Å². The van der Waals surface area contributed by atoms with Gasteiger partial charge in [0.15, 0.2) is 0 Å². The largest absolute Gasteiger partial charge is 0.351 e. The fraction of sp³-hybridized carbons (Fsp3) is 0.625. The van der Waals surface area contributed by atoms with Crippen molar-refractivity contribution in [3.05, 3.63) is 11.6 Å². The minimum absolute atomic E-state index is 0.141. The first-order valence-electron chi connectivity index (χ1n) is 3.89. The molecular weight excluding hydrogens is 200 g/mol. The van der Waals surface area contributed by atoms with Gasteiger partial charge in [-0.2, -0.15) is 0 Å². The van der Waals surface area contributed by atoms with Crippen LogP contribution >= 0.6 is 11.6 Å². The highest BCUT2D eigenvalue weighted by atomic mass is 35.5. The highest BCUT2D eigenvalue weighted by Gasteiger charge is 2.48. The van der Waals surface area contributed by atoms with E-state index in [9.17, 15) is 13.6 Å². The van der Waals surface area contributed by atoms with Crippen LogP contribution in [0.2, 0.25) is 0 Å². The van der Waals surface area contributed by atoms with Gasteiger partial charge >= 0.3 is 0 Å². The molecule has 0 atom stereocenters. The molecule has 1 saturated carbocycles. The van der Waals surface area contributed by atoms with Crippen LogP contribution in [0.1, 0.15) is 12.8 Å². The van der Waals surface area contributed by atoms with Gasteiger partial charge in [-0.15, -0.1) is 0 Å². The first-order chi connectivity index (χ1) is 5.91. The van der Waals surface area contributed by atoms with Crippen LogP contribution in [0, 0.1) is 5.92 Å². The number of amides is 1. The Bertz CT molecular complexity index is 234. The van der Waals surface area contributed by atoms with Crippen molar-refractivity contribution in [2.45, 2.75) is 18.8 Å². The van der Waals surface area contributed by atoms with Gasteiger partial charge in [-0.25, -0.2) is 8.78 Å². The third-order valence-corrected chi connectivity index (χ3v) is 2.05. The van der Waals surface area contributed by atoms with Crippen molar-refractivity contribution in [3.63, 3.8) is 0 Å². The molecule has 1 amide bonds. The maximum atomic E-state index is 12.3. The molecular formula is C8H10ClF2NO. The molecule has 0 aromatic rings. The van der Waals surface area contributed by atoms with Gasteiger partial charge in [0.25, 0.3) is 0 Å². The zero-order chi connectivity index (χ0) is 10.1. The lowest BCUT2D eigenvalue weighted by Gasteiger charge is -2.33. The number of rotatable bonds is 3. The van der Waals surface area contributed by atoms with Crippen LogP contribution in [0.25, 0.3) is 0 Å². The lowest BCUT2D eigenvalue weighted by Crippen LogP contribution is -2.45. The van der Waals surface area contributed by atoms with Crippen LogP contribution in [0.15, 0.2) is 11.6 Å². The molecule has 2 nitrogen and oxygen atoms in total. The van der Waals surface area contributed by atoms with Gasteiger partial charge in [0, 0.05) is 23.8 Å². The van der Waals surface area contributed by atoms with Gasteiger partial charge in [0.1, 0.15) is 0 Å². The smallest absolute Gasteiger partial charge is 0.249 e. The monoisotopic (exact) mass is 209 g/mol. The molecule has 1 N–H and O–H groups in total. The van der Waals surface area contributed by atoms with E-state index in [0.29, 0.717) is 5.03 Å². The van der Waals surface area contributed by atoms with Crippen LogP contribution in [-0.4, -0.2) is 18.4 Å². The van der Waals surface area contributed by atoms with Gasteiger partial charge < -0.3 is 5.32 Å². The number of alkyl halides is 2. The Balaban J connectivity index is 2.23. The molecule has 0 aromatic heterocycles. The summed E-state index contributed by atoms with van der Waals surface area (Å²) in [6.45, 7) is 3.50. The Morgan fingerprint density at radius 2 is 2.15 bits per heavy atom. The van der Waals surface area contributed by atoms with E-state index in [-0.39, 0.29) is 25.3 Å². The fourth-order valence-corrected chi connectivity index (χ4v) is 1.24. The lowest BCUT2D eigenvalue weighted by atomic mass is 9.81. The van der Waals surface area contributed by atoms with Gasteiger partial charge in [0.2, 0.25) is 11.8 Å². The maximum absolute atomic E-state index is 12.3. The van der Waals surface area contributed by atoms with Crippen molar-refractivity contribution in [2.24, 2.45) is 5.92 Å². The molecule has 0 heterocycles. The van der Waals surface area contributed by atoms with E-state index in [1.165, 1.54) is 0 Å². The second-order valence-corrected chi connectivity index (χ2v) is 3.73. The number of carbonyl (C=O) groups excluding carboxylic acids is 1. The second-order valence-electron chi connectivity index (χ2n) is 3.20. The van der Waals surface area contributed by atoms with Crippen LogP contribution in [0.5, 0.6) is 0 Å². The fourth-order valence-electron chi connectivity index (χ4n) is 1.17. The third-order valence-electron chi connectivity index (χ3n) is 1.92. The average Bonchev–Trinajstić information content (AvgIpc) is 1.95. The minimum atomic E-state index is -2.65. The topological polar surface area (TPSA) is 29.1 Å². The Morgan fingerprint density at radius 3 is 2.54 bits per heavy atom. The Hall–Kier alpha value is -0.640. The summed E-state index contributed by atoms with van der Waals surface area (Å²) in [7, 11) is 0. The average molecular weight is 210 g/mol. The standard InChI is InChI=1S/C8H10ClF2NO/c1-5(9)4-12-7(13)6-2-8(10,11)3-6/h6H,1-4H2,(H,12,13). The number of hydrogen-bond donors (Lipinski definition) is 1. The molecule has 13 heavy (non-hydrogen) atoms. The molecule has 0 aliphatic heterocycles. The predicted octanol–water partition coefficient (Wildman–Crippen LogP) is 1.90. The quantitative estimate of drug-likeness (QED) is 0.756. The summed E-state index contributed by atoms with van der Waals surface area (Å²) in [4.78, 5) is 11.1. The molecule has 0 radical (unpaired) electrons. The Labute approximate surface area is 79.9 Å². The highest BCUT2D eigenvalue weighted by molar-refractivity contribution is 6.29. The first kappa shape index (κ1) is 10.4. The van der Waals surface area contributed by atoms with E-state index in [4.69, 9.17) is 11.6 Å². The van der Waals surface area contributed by atoms with E-state index < -0.39 is 11.8 Å². The summed E-state index contributed by atoms with van der Waals surface area (Å²) in [5.41, 5.74) is 0. The summed E-state index contributed by atoms with van der Waals surface area (Å²) in [6, 6.07) is 0. The van der Waals surface area contributed by atoms with Gasteiger partial charge in [0.05, 0.1) is 6.54 Å². The molecule has 1 fully saturated rings. The third kappa shape index (κ3) is 2.95. The van der Waals surface area contributed by atoms with Crippen molar-refractivity contribution in [3.8, 4) is 0 Å². The highest BCUT2D eigenvalue weighted by Crippen LogP contribution is 2.42. The molecule has 0 bridgehead atoms. The van der Waals surface area contributed by atoms with Crippen molar-refractivity contribution < 1.29 is 13.6 Å². The predicted molar refractivity (Wildman–Crippen MR) is 45.7 cm³/mol. The van der Waals surface area contributed by atoms with Crippen molar-refractivity contribution in [1.82, 2.24) is 5.32 Å². The molecule has 0 saturated heterocycles. The SMILES string of the molecule is C=C(Cl)CNC(=O)C1CC(F)(F)C1. The molecule has 1 aliphatic rings. The Kier molecular flexibility index (Phi) is 2.91. The number of hydrogen-bond acceptors (Lipinski definition) is 1. The summed E-state index contributed by atoms with van der Waals surface area (Å²) in [5.74, 6) is -3.58. The van der Waals surface area contributed by atoms with Crippen LogP contribution < -0.4 is 5.32 Å². The van der Waals surface area contributed by atoms with Crippen molar-refractivity contribution in [1.29, 1.82) is 0 Å². The van der Waals surface area contributed by atoms with E-state index in [1.807, 2.05) is 0 Å². The van der Waals surface area contributed by atoms with Crippen molar-refractivity contribution >= 4 is 17.5 Å². The minimum Gasteiger partial charge on any atom is -0.351 e. The van der Waals surface area contributed by atoms with Crippen LogP contribution in [0.4, 0.5) is 8.78 Å². The zero-order valence-corrected chi connectivity index (χ0v) is 7.70. The van der Waals surface area contributed by atoms with Crippen LogP contribution in [0.3, 0.4) is 0 Å². The second kappa shape index (κ2) is 3.62. The normalized spacial score (nSPS) is 20.5. The summed E-state index contributed by atoms with van der Waals surface area (Å²) in [5, 5.41) is 2.71. The molecule has 1 rings (SSSR count). The molecule has 0 aromatic carbocycles.